The SMILES string of the molecule is CC(Cc1cccc(F)c1)C1CCC(O)CC1. The van der Waals surface area contributed by atoms with Crippen molar-refractivity contribution in [2.45, 2.75) is 45.1 Å². The highest BCUT2D eigenvalue weighted by Crippen LogP contribution is 2.31. The van der Waals surface area contributed by atoms with Crippen LogP contribution in [0.15, 0.2) is 24.3 Å². The average Bonchev–Trinajstić information content (AvgIpc) is 2.29. The van der Waals surface area contributed by atoms with Crippen LogP contribution in [0.2, 0.25) is 0 Å². The summed E-state index contributed by atoms with van der Waals surface area (Å²) in [6, 6.07) is 6.90. The average molecular weight is 236 g/mol. The van der Waals surface area contributed by atoms with Gasteiger partial charge in [-0.15, -0.1) is 0 Å². The second-order valence-electron chi connectivity index (χ2n) is 5.38. The molecule has 0 radical (unpaired) electrons. The van der Waals surface area contributed by atoms with Gasteiger partial charge < -0.3 is 5.11 Å². The zero-order valence-corrected chi connectivity index (χ0v) is 10.4. The van der Waals surface area contributed by atoms with Crippen molar-refractivity contribution in [1.29, 1.82) is 0 Å². The second-order valence-corrected chi connectivity index (χ2v) is 5.38. The predicted molar refractivity (Wildman–Crippen MR) is 67.2 cm³/mol. The summed E-state index contributed by atoms with van der Waals surface area (Å²) < 4.78 is 13.1. The highest BCUT2D eigenvalue weighted by atomic mass is 19.1. The van der Waals surface area contributed by atoms with Gasteiger partial charge in [0.15, 0.2) is 0 Å². The summed E-state index contributed by atoms with van der Waals surface area (Å²) in [4.78, 5) is 0. The highest BCUT2D eigenvalue weighted by molar-refractivity contribution is 5.16. The Labute approximate surface area is 103 Å². The second kappa shape index (κ2) is 5.63. The molecule has 0 bridgehead atoms. The van der Waals surface area contributed by atoms with Crippen LogP contribution in [0.3, 0.4) is 0 Å². The number of halogens is 1. The van der Waals surface area contributed by atoms with Crippen molar-refractivity contribution in [2.75, 3.05) is 0 Å². The molecule has 17 heavy (non-hydrogen) atoms. The molecular weight excluding hydrogens is 215 g/mol. The van der Waals surface area contributed by atoms with Crippen molar-refractivity contribution in [3.8, 4) is 0 Å². The van der Waals surface area contributed by atoms with Crippen molar-refractivity contribution in [3.05, 3.63) is 35.6 Å². The molecule has 2 rings (SSSR count). The van der Waals surface area contributed by atoms with E-state index in [1.165, 1.54) is 6.07 Å². The monoisotopic (exact) mass is 236 g/mol. The molecule has 1 saturated carbocycles. The Kier molecular flexibility index (Phi) is 4.16. The van der Waals surface area contributed by atoms with Gasteiger partial charge in [-0.3, -0.25) is 0 Å². The molecule has 1 aromatic rings. The summed E-state index contributed by atoms with van der Waals surface area (Å²) in [5.41, 5.74) is 1.09. The minimum Gasteiger partial charge on any atom is -0.393 e. The van der Waals surface area contributed by atoms with Gasteiger partial charge in [-0.1, -0.05) is 19.1 Å². The molecule has 1 fully saturated rings. The minimum absolute atomic E-state index is 0.0902. The third-order valence-electron chi connectivity index (χ3n) is 3.99. The first-order valence-electron chi connectivity index (χ1n) is 6.57. The van der Waals surface area contributed by atoms with Gasteiger partial charge in [0.2, 0.25) is 0 Å². The number of rotatable bonds is 3. The Hall–Kier alpha value is -0.890. The molecule has 0 saturated heterocycles. The normalized spacial score (nSPS) is 26.8. The number of aliphatic hydroxyl groups is 1. The fraction of sp³-hybridized carbons (Fsp3) is 0.600. The molecule has 1 N–H and O–H groups in total. The van der Waals surface area contributed by atoms with E-state index in [9.17, 15) is 9.50 Å². The Morgan fingerprint density at radius 2 is 2.00 bits per heavy atom. The molecule has 1 aliphatic carbocycles. The molecule has 1 unspecified atom stereocenters. The molecule has 0 amide bonds. The lowest BCUT2D eigenvalue weighted by Crippen LogP contribution is -2.23. The first-order valence-corrected chi connectivity index (χ1v) is 6.57. The summed E-state index contributed by atoms with van der Waals surface area (Å²) in [6.07, 6.45) is 4.93. The first kappa shape index (κ1) is 12.6. The fourth-order valence-corrected chi connectivity index (χ4v) is 2.87. The number of hydrogen-bond acceptors (Lipinski definition) is 1. The van der Waals surface area contributed by atoms with E-state index in [2.05, 4.69) is 6.92 Å². The summed E-state index contributed by atoms with van der Waals surface area (Å²) in [5.74, 6) is 1.11. The van der Waals surface area contributed by atoms with Gasteiger partial charge in [0, 0.05) is 0 Å². The number of benzene rings is 1. The Morgan fingerprint density at radius 3 is 2.65 bits per heavy atom. The minimum atomic E-state index is -0.145. The van der Waals surface area contributed by atoms with Gasteiger partial charge in [-0.05, 0) is 61.6 Å². The van der Waals surface area contributed by atoms with Crippen LogP contribution in [0.5, 0.6) is 0 Å². The molecule has 1 nitrogen and oxygen atoms in total. The molecule has 0 heterocycles. The molecule has 94 valence electrons. The predicted octanol–water partition coefficient (Wildman–Crippen LogP) is 3.56. The number of hydrogen-bond donors (Lipinski definition) is 1. The van der Waals surface area contributed by atoms with Crippen molar-refractivity contribution in [2.24, 2.45) is 11.8 Å². The third-order valence-corrected chi connectivity index (χ3v) is 3.99. The lowest BCUT2D eigenvalue weighted by Gasteiger charge is -2.30. The molecule has 1 aromatic carbocycles. The maximum atomic E-state index is 13.1. The standard InChI is InChI=1S/C15H21FO/c1-11(13-5-7-15(17)8-6-13)9-12-3-2-4-14(16)10-12/h2-4,10-11,13,15,17H,5-9H2,1H3. The van der Waals surface area contributed by atoms with Crippen LogP contribution in [-0.2, 0) is 6.42 Å². The smallest absolute Gasteiger partial charge is 0.123 e. The van der Waals surface area contributed by atoms with E-state index in [0.29, 0.717) is 11.8 Å². The summed E-state index contributed by atoms with van der Waals surface area (Å²) in [7, 11) is 0. The zero-order valence-electron chi connectivity index (χ0n) is 10.4. The molecule has 2 heteroatoms. The van der Waals surface area contributed by atoms with E-state index in [1.54, 1.807) is 12.1 Å². The lowest BCUT2D eigenvalue weighted by molar-refractivity contribution is 0.0937. The topological polar surface area (TPSA) is 20.2 Å². The van der Waals surface area contributed by atoms with Gasteiger partial charge in [-0.25, -0.2) is 4.39 Å². The maximum Gasteiger partial charge on any atom is 0.123 e. The van der Waals surface area contributed by atoms with Crippen molar-refractivity contribution in [1.82, 2.24) is 0 Å². The number of aliphatic hydroxyl groups excluding tert-OH is 1. The van der Waals surface area contributed by atoms with Crippen molar-refractivity contribution < 1.29 is 9.50 Å². The van der Waals surface area contributed by atoms with Gasteiger partial charge in [0.1, 0.15) is 5.82 Å². The lowest BCUT2D eigenvalue weighted by atomic mass is 9.77. The highest BCUT2D eigenvalue weighted by Gasteiger charge is 2.24. The van der Waals surface area contributed by atoms with Crippen LogP contribution in [0, 0.1) is 17.7 Å². The van der Waals surface area contributed by atoms with Crippen LogP contribution >= 0.6 is 0 Å². The first-order chi connectivity index (χ1) is 8.15. The third kappa shape index (κ3) is 3.53. The Balaban J connectivity index is 1.90. The molecule has 1 atom stereocenters. The zero-order chi connectivity index (χ0) is 12.3. The van der Waals surface area contributed by atoms with Crippen molar-refractivity contribution in [3.63, 3.8) is 0 Å². The quantitative estimate of drug-likeness (QED) is 0.850. The summed E-state index contributed by atoms with van der Waals surface area (Å²) in [5, 5.41) is 9.49. The van der Waals surface area contributed by atoms with Gasteiger partial charge in [-0.2, -0.15) is 0 Å². The molecule has 0 aromatic heterocycles. The van der Waals surface area contributed by atoms with E-state index in [1.807, 2.05) is 6.07 Å². The van der Waals surface area contributed by atoms with Crippen LogP contribution in [0.4, 0.5) is 4.39 Å². The van der Waals surface area contributed by atoms with E-state index < -0.39 is 0 Å². The largest absolute Gasteiger partial charge is 0.393 e. The summed E-state index contributed by atoms with van der Waals surface area (Å²) in [6.45, 7) is 2.24. The van der Waals surface area contributed by atoms with Gasteiger partial charge in [0.25, 0.3) is 0 Å². The fourth-order valence-electron chi connectivity index (χ4n) is 2.87. The van der Waals surface area contributed by atoms with Crippen LogP contribution in [0.25, 0.3) is 0 Å². The van der Waals surface area contributed by atoms with Crippen LogP contribution in [0.1, 0.15) is 38.2 Å². The van der Waals surface area contributed by atoms with E-state index in [0.717, 1.165) is 37.7 Å². The van der Waals surface area contributed by atoms with Gasteiger partial charge >= 0.3 is 0 Å². The van der Waals surface area contributed by atoms with Crippen molar-refractivity contribution >= 4 is 0 Å². The van der Waals surface area contributed by atoms with Crippen LogP contribution in [-0.4, -0.2) is 11.2 Å². The molecular formula is C15H21FO. The Morgan fingerprint density at radius 1 is 1.29 bits per heavy atom. The maximum absolute atomic E-state index is 13.1. The van der Waals surface area contributed by atoms with E-state index in [4.69, 9.17) is 0 Å². The summed E-state index contributed by atoms with van der Waals surface area (Å²) >= 11 is 0. The van der Waals surface area contributed by atoms with E-state index in [-0.39, 0.29) is 11.9 Å². The van der Waals surface area contributed by atoms with Gasteiger partial charge in [0.05, 0.1) is 6.10 Å². The molecule has 0 aliphatic heterocycles. The van der Waals surface area contributed by atoms with Crippen LogP contribution < -0.4 is 0 Å². The van der Waals surface area contributed by atoms with E-state index >= 15 is 0 Å². The molecule has 1 aliphatic rings. The Bertz CT molecular complexity index is 356. The molecule has 0 spiro atoms.